The molecule has 184 valence electrons. The molecule has 4 aliphatic rings. The summed E-state index contributed by atoms with van der Waals surface area (Å²) in [6, 6.07) is 9.26. The number of hydrogen-bond acceptors (Lipinski definition) is 7. The molecule has 5 rings (SSSR count). The Hall–Kier alpha value is -2.19. The molecule has 3 N–H and O–H groups in total. The molecular formula is C24H34N6O3S. The number of piperidine rings is 1. The minimum Gasteiger partial charge on any atom is -0.368 e. The van der Waals surface area contributed by atoms with Crippen molar-refractivity contribution in [3.8, 4) is 6.07 Å². The molecule has 1 aromatic carbocycles. The van der Waals surface area contributed by atoms with Crippen LogP contribution in [0.15, 0.2) is 29.2 Å². The molecule has 4 fully saturated rings. The predicted molar refractivity (Wildman–Crippen MR) is 128 cm³/mol. The molecule has 0 aromatic heterocycles. The molecule has 1 saturated carbocycles. The fourth-order valence-corrected chi connectivity index (χ4v) is 7.32. The van der Waals surface area contributed by atoms with E-state index >= 15 is 0 Å². The largest absolute Gasteiger partial charge is 0.368 e. The zero-order valence-corrected chi connectivity index (χ0v) is 20.6. The summed E-state index contributed by atoms with van der Waals surface area (Å²) in [4.78, 5) is 13.1. The first-order valence-corrected chi connectivity index (χ1v) is 13.7. The molecule has 4 atom stereocenters. The van der Waals surface area contributed by atoms with Gasteiger partial charge in [0, 0.05) is 37.4 Å². The zero-order valence-electron chi connectivity index (χ0n) is 19.8. The van der Waals surface area contributed by atoms with E-state index in [1.165, 1.54) is 0 Å². The lowest BCUT2D eigenvalue weighted by Gasteiger charge is -2.34. The third-order valence-corrected chi connectivity index (χ3v) is 9.60. The van der Waals surface area contributed by atoms with Gasteiger partial charge in [0.2, 0.25) is 15.9 Å². The average Bonchev–Trinajstić information content (AvgIpc) is 3.48. The molecule has 0 spiro atoms. The predicted octanol–water partition coefficient (Wildman–Crippen LogP) is 1.86. The number of nitrogens with one attached hydrogen (secondary N) is 3. The highest BCUT2D eigenvalue weighted by atomic mass is 32.2. The maximum Gasteiger partial charge on any atom is 0.243 e. The van der Waals surface area contributed by atoms with Gasteiger partial charge in [-0.1, -0.05) is 13.8 Å². The Morgan fingerprint density at radius 1 is 1.24 bits per heavy atom. The number of sulfonamides is 1. The van der Waals surface area contributed by atoms with Gasteiger partial charge in [-0.3, -0.25) is 4.79 Å². The summed E-state index contributed by atoms with van der Waals surface area (Å²) in [6.45, 7) is 5.88. The molecule has 3 aliphatic heterocycles. The van der Waals surface area contributed by atoms with Crippen LogP contribution in [0.1, 0.15) is 46.0 Å². The second-order valence-electron chi connectivity index (χ2n) is 10.9. The SMILES string of the molecule is CC1(C)CCN(S(=O)(=O)c2ccc(NC3NN([C@@H](CC#N)C4CC4)C4CCNC(=O)C34)cc2)C1. The maximum atomic E-state index is 13.1. The van der Waals surface area contributed by atoms with E-state index in [4.69, 9.17) is 0 Å². The van der Waals surface area contributed by atoms with E-state index in [1.807, 2.05) is 0 Å². The third-order valence-electron chi connectivity index (χ3n) is 7.74. The van der Waals surface area contributed by atoms with Gasteiger partial charge in [0.1, 0.15) is 6.17 Å². The number of nitriles is 1. The first-order chi connectivity index (χ1) is 16.2. The Morgan fingerprint density at radius 2 is 1.97 bits per heavy atom. The smallest absolute Gasteiger partial charge is 0.243 e. The van der Waals surface area contributed by atoms with Crippen molar-refractivity contribution in [2.24, 2.45) is 17.3 Å². The van der Waals surface area contributed by atoms with Crippen molar-refractivity contribution in [1.82, 2.24) is 20.1 Å². The third kappa shape index (κ3) is 4.42. The van der Waals surface area contributed by atoms with Gasteiger partial charge in [0.05, 0.1) is 23.3 Å². The Labute approximate surface area is 201 Å². The summed E-state index contributed by atoms with van der Waals surface area (Å²) in [5.74, 6) is 0.214. The number of carbonyl (C=O) groups excluding carboxylic acids is 1. The fourth-order valence-electron chi connectivity index (χ4n) is 5.69. The van der Waals surface area contributed by atoms with E-state index in [0.29, 0.717) is 32.0 Å². The standard InChI is InChI=1S/C24H34N6O3S/c1-24(2)11-14-29(15-24)34(32,33)18-7-5-17(6-8-18)27-22-21-20(10-13-26-23(21)31)30(28-22)19(9-12-25)16-3-4-16/h5-8,16,19-22,27-28H,3-4,9-11,13-15H2,1-2H3,(H,26,31)/t19-,20?,21?,22?/m0/s1. The van der Waals surface area contributed by atoms with Crippen molar-refractivity contribution < 1.29 is 13.2 Å². The summed E-state index contributed by atoms with van der Waals surface area (Å²) in [6.07, 6.45) is 4.04. The molecule has 3 unspecified atom stereocenters. The van der Waals surface area contributed by atoms with Crippen molar-refractivity contribution in [1.29, 1.82) is 5.26 Å². The minimum absolute atomic E-state index is 0.00440. The monoisotopic (exact) mass is 486 g/mol. The van der Waals surface area contributed by atoms with E-state index in [9.17, 15) is 18.5 Å². The number of anilines is 1. The Balaban J connectivity index is 1.32. The average molecular weight is 487 g/mol. The molecule has 1 aliphatic carbocycles. The molecule has 1 amide bonds. The molecule has 34 heavy (non-hydrogen) atoms. The van der Waals surface area contributed by atoms with E-state index in [-0.39, 0.29) is 40.4 Å². The number of hydrogen-bond donors (Lipinski definition) is 3. The summed E-state index contributed by atoms with van der Waals surface area (Å²) < 4.78 is 27.7. The number of benzene rings is 1. The van der Waals surface area contributed by atoms with Crippen LogP contribution in [-0.4, -0.2) is 61.5 Å². The van der Waals surface area contributed by atoms with Crippen LogP contribution in [0.3, 0.4) is 0 Å². The Morgan fingerprint density at radius 3 is 2.59 bits per heavy atom. The number of hydrazine groups is 1. The van der Waals surface area contributed by atoms with E-state index < -0.39 is 10.0 Å². The quantitative estimate of drug-likeness (QED) is 0.538. The fraction of sp³-hybridized carbons (Fsp3) is 0.667. The normalized spacial score (nSPS) is 30.4. The summed E-state index contributed by atoms with van der Waals surface area (Å²) in [5.41, 5.74) is 4.25. The number of fused-ring (bicyclic) bond motifs is 1. The number of amides is 1. The van der Waals surface area contributed by atoms with E-state index in [2.05, 4.69) is 41.0 Å². The van der Waals surface area contributed by atoms with Gasteiger partial charge >= 0.3 is 0 Å². The summed E-state index contributed by atoms with van der Waals surface area (Å²) in [7, 11) is -3.52. The van der Waals surface area contributed by atoms with Crippen molar-refractivity contribution in [2.75, 3.05) is 25.0 Å². The molecule has 10 heteroatoms. The highest BCUT2D eigenvalue weighted by Gasteiger charge is 2.52. The van der Waals surface area contributed by atoms with Crippen LogP contribution in [0.25, 0.3) is 0 Å². The number of rotatable bonds is 7. The van der Waals surface area contributed by atoms with Crippen molar-refractivity contribution in [3.63, 3.8) is 0 Å². The van der Waals surface area contributed by atoms with Crippen LogP contribution in [0, 0.1) is 28.6 Å². The van der Waals surface area contributed by atoms with Crippen LogP contribution in [0.2, 0.25) is 0 Å². The van der Waals surface area contributed by atoms with Gasteiger partial charge in [-0.25, -0.2) is 18.9 Å². The van der Waals surface area contributed by atoms with Crippen LogP contribution in [0.4, 0.5) is 5.69 Å². The number of carbonyl (C=O) groups is 1. The van der Waals surface area contributed by atoms with Crippen molar-refractivity contribution in [2.45, 2.75) is 69.1 Å². The molecule has 0 bridgehead atoms. The lowest BCUT2D eigenvalue weighted by molar-refractivity contribution is -0.128. The summed E-state index contributed by atoms with van der Waals surface area (Å²) in [5, 5.41) is 17.9. The van der Waals surface area contributed by atoms with Crippen LogP contribution in [-0.2, 0) is 14.8 Å². The second kappa shape index (κ2) is 8.79. The van der Waals surface area contributed by atoms with Crippen molar-refractivity contribution >= 4 is 21.6 Å². The van der Waals surface area contributed by atoms with Gasteiger partial charge in [-0.05, 0) is 61.3 Å². The first-order valence-electron chi connectivity index (χ1n) is 12.3. The highest BCUT2D eigenvalue weighted by Crippen LogP contribution is 2.41. The highest BCUT2D eigenvalue weighted by molar-refractivity contribution is 7.89. The molecule has 3 heterocycles. The first kappa shape index (κ1) is 23.5. The molecular weight excluding hydrogens is 452 g/mol. The van der Waals surface area contributed by atoms with E-state index in [1.54, 1.807) is 28.6 Å². The minimum atomic E-state index is -3.52. The Bertz CT molecular complexity index is 1080. The van der Waals surface area contributed by atoms with Crippen LogP contribution < -0.4 is 16.1 Å². The topological polar surface area (TPSA) is 118 Å². The molecule has 0 radical (unpaired) electrons. The molecule has 1 aromatic rings. The van der Waals surface area contributed by atoms with Gasteiger partial charge in [-0.15, -0.1) is 0 Å². The van der Waals surface area contributed by atoms with Gasteiger partial charge in [0.15, 0.2) is 0 Å². The van der Waals surface area contributed by atoms with E-state index in [0.717, 1.165) is 31.4 Å². The Kier molecular flexibility index (Phi) is 6.09. The van der Waals surface area contributed by atoms with Gasteiger partial charge in [0.25, 0.3) is 0 Å². The number of nitrogens with zero attached hydrogens (tertiary/aromatic N) is 3. The zero-order chi connectivity index (χ0) is 24.1. The lowest BCUT2D eigenvalue weighted by Crippen LogP contribution is -2.52. The molecule has 3 saturated heterocycles. The summed E-state index contributed by atoms with van der Waals surface area (Å²) >= 11 is 0. The second-order valence-corrected chi connectivity index (χ2v) is 12.8. The van der Waals surface area contributed by atoms with Crippen LogP contribution >= 0.6 is 0 Å². The van der Waals surface area contributed by atoms with Crippen molar-refractivity contribution in [3.05, 3.63) is 24.3 Å². The van der Waals surface area contributed by atoms with Gasteiger partial charge in [-0.2, -0.15) is 9.57 Å². The molecule has 9 nitrogen and oxygen atoms in total. The van der Waals surface area contributed by atoms with Gasteiger partial charge < -0.3 is 10.6 Å². The lowest BCUT2D eigenvalue weighted by atomic mass is 9.90. The maximum absolute atomic E-state index is 13.1. The van der Waals surface area contributed by atoms with Crippen LogP contribution in [0.5, 0.6) is 0 Å².